The molecule has 3 aromatic rings. The van der Waals surface area contributed by atoms with Gasteiger partial charge in [0.2, 0.25) is 17.8 Å². The van der Waals surface area contributed by atoms with Gasteiger partial charge in [-0.15, -0.1) is 0 Å². The molecule has 0 saturated heterocycles. The van der Waals surface area contributed by atoms with E-state index in [1.54, 1.807) is 0 Å². The predicted octanol–water partition coefficient (Wildman–Crippen LogP) is 1.62. The number of fused-ring (bicyclic) bond motifs is 1. The van der Waals surface area contributed by atoms with Crippen molar-refractivity contribution in [1.29, 1.82) is 0 Å². The average Bonchev–Trinajstić information content (AvgIpc) is 2.69. The Kier molecular flexibility index (Phi) is 6.41. The summed E-state index contributed by atoms with van der Waals surface area (Å²) in [7, 11) is 0. The molecule has 156 valence electrons. The van der Waals surface area contributed by atoms with Gasteiger partial charge in [0.25, 0.3) is 0 Å². The Morgan fingerprint density at radius 1 is 1.00 bits per heavy atom. The van der Waals surface area contributed by atoms with E-state index in [1.165, 1.54) is 0 Å². The van der Waals surface area contributed by atoms with Gasteiger partial charge in [0.15, 0.2) is 12.4 Å². The van der Waals surface area contributed by atoms with Crippen LogP contribution < -0.4 is 16.8 Å². The van der Waals surface area contributed by atoms with Crippen LogP contribution in [-0.2, 0) is 27.4 Å². The lowest BCUT2D eigenvalue weighted by molar-refractivity contribution is -0.150. The van der Waals surface area contributed by atoms with Crippen LogP contribution in [0.4, 0.5) is 11.9 Å². The van der Waals surface area contributed by atoms with Gasteiger partial charge < -0.3 is 21.5 Å². The lowest BCUT2D eigenvalue weighted by Gasteiger charge is -2.21. The minimum Gasteiger partial charge on any atom is -0.456 e. The monoisotopic (exact) mass is 408 g/mol. The van der Waals surface area contributed by atoms with Gasteiger partial charge in [-0.25, -0.2) is 4.79 Å². The first-order valence-electron chi connectivity index (χ1n) is 9.52. The van der Waals surface area contributed by atoms with Crippen molar-refractivity contribution in [3.63, 3.8) is 0 Å². The topological polar surface area (TPSA) is 146 Å². The van der Waals surface area contributed by atoms with E-state index in [9.17, 15) is 9.59 Å². The van der Waals surface area contributed by atoms with Crippen molar-refractivity contribution in [1.82, 2.24) is 20.3 Å². The Balaban J connectivity index is 1.65. The number of nitrogen functional groups attached to an aromatic ring is 2. The molecule has 2 aromatic carbocycles. The Labute approximate surface area is 173 Å². The van der Waals surface area contributed by atoms with Crippen molar-refractivity contribution in [2.75, 3.05) is 11.5 Å². The molecule has 3 rings (SSSR count). The number of amides is 1. The maximum Gasteiger partial charge on any atom is 0.329 e. The fourth-order valence-corrected chi connectivity index (χ4v) is 3.09. The molecule has 0 aliphatic carbocycles. The zero-order chi connectivity index (χ0) is 21.7. The average molecular weight is 408 g/mol. The van der Waals surface area contributed by atoms with Gasteiger partial charge in [-0.05, 0) is 22.3 Å². The second kappa shape index (κ2) is 9.17. The van der Waals surface area contributed by atoms with E-state index in [2.05, 4.69) is 20.3 Å². The van der Waals surface area contributed by atoms with Crippen LogP contribution in [-0.4, -0.2) is 32.9 Å². The van der Waals surface area contributed by atoms with Crippen LogP contribution in [0.2, 0.25) is 0 Å². The van der Waals surface area contributed by atoms with Crippen LogP contribution in [0.1, 0.15) is 25.2 Å². The summed E-state index contributed by atoms with van der Waals surface area (Å²) >= 11 is 0. The van der Waals surface area contributed by atoms with Crippen LogP contribution in [0.5, 0.6) is 0 Å². The number of ether oxygens (including phenoxy) is 1. The molecule has 1 atom stereocenters. The third kappa shape index (κ3) is 5.19. The molecule has 0 fully saturated rings. The van der Waals surface area contributed by atoms with Crippen molar-refractivity contribution >= 4 is 34.5 Å². The second-order valence-electron chi connectivity index (χ2n) is 7.18. The predicted molar refractivity (Wildman–Crippen MR) is 113 cm³/mol. The first-order valence-corrected chi connectivity index (χ1v) is 9.52. The Hall–Kier alpha value is -3.75. The Morgan fingerprint density at radius 3 is 2.37 bits per heavy atom. The molecule has 0 unspecified atom stereocenters. The largest absolute Gasteiger partial charge is 0.456 e. The maximum absolute atomic E-state index is 12.7. The Morgan fingerprint density at radius 2 is 1.67 bits per heavy atom. The molecule has 1 amide bonds. The molecule has 0 bridgehead atoms. The van der Waals surface area contributed by atoms with E-state index < -0.39 is 12.0 Å². The highest BCUT2D eigenvalue weighted by molar-refractivity contribution is 5.91. The number of anilines is 2. The third-order valence-electron chi connectivity index (χ3n) is 4.53. The number of hydrogen-bond donors (Lipinski definition) is 3. The summed E-state index contributed by atoms with van der Waals surface area (Å²) in [5.41, 5.74) is 11.9. The Bertz CT molecular complexity index is 1040. The number of aromatic nitrogens is 3. The van der Waals surface area contributed by atoms with Gasteiger partial charge in [-0.3, -0.25) is 4.79 Å². The van der Waals surface area contributed by atoms with Crippen molar-refractivity contribution in [2.45, 2.75) is 32.9 Å². The summed E-state index contributed by atoms with van der Waals surface area (Å²) in [5, 5.41) is 4.83. The summed E-state index contributed by atoms with van der Waals surface area (Å²) < 4.78 is 5.27. The number of hydrogen-bond acceptors (Lipinski definition) is 8. The first-order chi connectivity index (χ1) is 14.3. The maximum atomic E-state index is 12.7. The molecule has 0 aliphatic heterocycles. The lowest BCUT2D eigenvalue weighted by Crippen LogP contribution is -2.45. The number of carbonyl (C=O) groups is 2. The molecular weight excluding hydrogens is 384 g/mol. The molecule has 0 spiro atoms. The minimum absolute atomic E-state index is 0.0580. The molecule has 0 radical (unpaired) electrons. The van der Waals surface area contributed by atoms with Crippen LogP contribution in [0.15, 0.2) is 42.5 Å². The number of carbonyl (C=O) groups excluding carboxylic acids is 2. The fourth-order valence-electron chi connectivity index (χ4n) is 3.09. The molecule has 1 aromatic heterocycles. The molecule has 0 saturated carbocycles. The van der Waals surface area contributed by atoms with Crippen LogP contribution in [0, 0.1) is 5.92 Å². The fraction of sp³-hybridized carbons (Fsp3) is 0.286. The van der Waals surface area contributed by atoms with E-state index in [4.69, 9.17) is 16.2 Å². The molecule has 30 heavy (non-hydrogen) atoms. The van der Waals surface area contributed by atoms with Crippen LogP contribution >= 0.6 is 0 Å². The van der Waals surface area contributed by atoms with Crippen molar-refractivity contribution in [3.8, 4) is 0 Å². The van der Waals surface area contributed by atoms with Crippen molar-refractivity contribution in [3.05, 3.63) is 53.9 Å². The van der Waals surface area contributed by atoms with E-state index in [-0.39, 0.29) is 42.6 Å². The minimum atomic E-state index is -0.816. The van der Waals surface area contributed by atoms with Gasteiger partial charge in [0.1, 0.15) is 6.04 Å². The molecule has 5 N–H and O–H groups in total. The summed E-state index contributed by atoms with van der Waals surface area (Å²) in [5.74, 6) is -1.01. The number of rotatable bonds is 7. The summed E-state index contributed by atoms with van der Waals surface area (Å²) in [6.45, 7) is 3.42. The summed E-state index contributed by atoms with van der Waals surface area (Å²) in [4.78, 5) is 36.6. The quantitative estimate of drug-likeness (QED) is 0.500. The number of nitrogens with two attached hydrogens (primary N) is 2. The summed E-state index contributed by atoms with van der Waals surface area (Å²) in [6, 6.07) is 12.8. The van der Waals surface area contributed by atoms with Gasteiger partial charge >= 0.3 is 5.97 Å². The van der Waals surface area contributed by atoms with E-state index in [1.807, 2.05) is 56.3 Å². The summed E-state index contributed by atoms with van der Waals surface area (Å²) in [6.07, 6.45) is 0.151. The highest BCUT2D eigenvalue weighted by Gasteiger charge is 2.26. The van der Waals surface area contributed by atoms with E-state index >= 15 is 0 Å². The van der Waals surface area contributed by atoms with Gasteiger partial charge in [0.05, 0.1) is 6.42 Å². The molecule has 9 heteroatoms. The van der Waals surface area contributed by atoms with Crippen molar-refractivity contribution in [2.24, 2.45) is 5.92 Å². The number of esters is 1. The SMILES string of the molecule is CC(C)[C@H](NC(=O)Cc1cccc2ccccc12)C(=O)OCc1nc(N)nc(N)n1. The van der Waals surface area contributed by atoms with Gasteiger partial charge in [-0.2, -0.15) is 15.0 Å². The highest BCUT2D eigenvalue weighted by Crippen LogP contribution is 2.19. The standard InChI is InChI=1S/C21H24N6O3/c1-12(2)18(19(29)30-11-16-24-20(22)27-21(23)25-16)26-17(28)10-14-8-5-7-13-6-3-4-9-15(13)14/h3-9,12,18H,10-11H2,1-2H3,(H,26,28)(H4,22,23,24,25,27)/t18-/m0/s1. The first kappa shape index (κ1) is 21.0. The molecular formula is C21H24N6O3. The third-order valence-corrected chi connectivity index (χ3v) is 4.53. The van der Waals surface area contributed by atoms with Crippen LogP contribution in [0.25, 0.3) is 10.8 Å². The molecule has 0 aliphatic rings. The van der Waals surface area contributed by atoms with E-state index in [0.29, 0.717) is 0 Å². The van der Waals surface area contributed by atoms with E-state index in [0.717, 1.165) is 16.3 Å². The van der Waals surface area contributed by atoms with Crippen LogP contribution in [0.3, 0.4) is 0 Å². The normalized spacial score (nSPS) is 12.0. The highest BCUT2D eigenvalue weighted by atomic mass is 16.5. The van der Waals surface area contributed by atoms with Crippen molar-refractivity contribution < 1.29 is 14.3 Å². The second-order valence-corrected chi connectivity index (χ2v) is 7.18. The zero-order valence-electron chi connectivity index (χ0n) is 16.8. The number of nitrogens with one attached hydrogen (secondary N) is 1. The van der Waals surface area contributed by atoms with Gasteiger partial charge in [0, 0.05) is 0 Å². The lowest BCUT2D eigenvalue weighted by atomic mass is 10.0. The number of benzene rings is 2. The van der Waals surface area contributed by atoms with Gasteiger partial charge in [-0.1, -0.05) is 56.3 Å². The number of nitrogens with zero attached hydrogens (tertiary/aromatic N) is 3. The zero-order valence-corrected chi connectivity index (χ0v) is 16.8. The smallest absolute Gasteiger partial charge is 0.329 e. The molecule has 1 heterocycles. The molecule has 9 nitrogen and oxygen atoms in total.